The molecule has 0 radical (unpaired) electrons. The van der Waals surface area contributed by atoms with Crippen LogP contribution < -0.4 is 10.6 Å². The molecule has 0 aliphatic carbocycles. The minimum atomic E-state index is 0.0890. The predicted octanol–water partition coefficient (Wildman–Crippen LogP) is -0.140. The zero-order valence-corrected chi connectivity index (χ0v) is 7.89. The first-order valence-corrected chi connectivity index (χ1v) is 4.74. The Balaban J connectivity index is 2.04. The monoisotopic (exact) mass is 198 g/mol. The second-order valence-electron chi connectivity index (χ2n) is 3.56. The highest BCUT2D eigenvalue weighted by atomic mass is 16.4. The van der Waals surface area contributed by atoms with Gasteiger partial charge in [0.25, 0.3) is 0 Å². The van der Waals surface area contributed by atoms with Crippen LogP contribution in [0.4, 0.5) is 12.0 Å². The van der Waals surface area contributed by atoms with E-state index >= 15 is 0 Å². The molecule has 1 saturated heterocycles. The molecule has 6 nitrogen and oxygen atoms in total. The van der Waals surface area contributed by atoms with Crippen molar-refractivity contribution in [1.29, 1.82) is 0 Å². The van der Waals surface area contributed by atoms with E-state index in [0.717, 1.165) is 25.9 Å². The molecule has 3 N–H and O–H groups in total. The maximum Gasteiger partial charge on any atom is 0.319 e. The predicted molar refractivity (Wildman–Crippen MR) is 50.7 cm³/mol. The van der Waals surface area contributed by atoms with Crippen LogP contribution in [0.5, 0.6) is 0 Å². The lowest BCUT2D eigenvalue weighted by Gasteiger charge is -2.29. The van der Waals surface area contributed by atoms with Crippen molar-refractivity contribution in [2.75, 3.05) is 30.3 Å². The van der Waals surface area contributed by atoms with Gasteiger partial charge in [-0.05, 0) is 18.8 Å². The van der Waals surface area contributed by atoms with E-state index in [-0.39, 0.29) is 12.6 Å². The van der Waals surface area contributed by atoms with Crippen molar-refractivity contribution in [1.82, 2.24) is 10.2 Å². The number of aliphatic hydroxyl groups excluding tert-OH is 1. The summed E-state index contributed by atoms with van der Waals surface area (Å²) in [6.45, 7) is 1.86. The van der Waals surface area contributed by atoms with Gasteiger partial charge in [0.1, 0.15) is 0 Å². The molecule has 1 aliphatic heterocycles. The third-order valence-electron chi connectivity index (χ3n) is 2.48. The average molecular weight is 198 g/mol. The number of piperidine rings is 1. The SMILES string of the molecule is Nc1nnc(N2CCCC(CO)C2)o1. The van der Waals surface area contributed by atoms with Gasteiger partial charge in [-0.1, -0.05) is 10.2 Å². The van der Waals surface area contributed by atoms with Gasteiger partial charge in [0.15, 0.2) is 0 Å². The first-order chi connectivity index (χ1) is 6.79. The van der Waals surface area contributed by atoms with Crippen molar-refractivity contribution in [3.8, 4) is 0 Å². The number of rotatable bonds is 2. The fourth-order valence-corrected chi connectivity index (χ4v) is 1.74. The Morgan fingerprint density at radius 3 is 3.07 bits per heavy atom. The van der Waals surface area contributed by atoms with Crippen LogP contribution in [-0.2, 0) is 0 Å². The standard InChI is InChI=1S/C8H14N4O2/c9-7-10-11-8(14-7)12-3-1-2-6(4-12)5-13/h6,13H,1-5H2,(H2,9,10). The number of nitrogens with two attached hydrogens (primary N) is 1. The van der Waals surface area contributed by atoms with Crippen LogP contribution in [0.15, 0.2) is 4.42 Å². The third-order valence-corrected chi connectivity index (χ3v) is 2.48. The molecule has 14 heavy (non-hydrogen) atoms. The molecule has 78 valence electrons. The van der Waals surface area contributed by atoms with Crippen LogP contribution in [0.25, 0.3) is 0 Å². The lowest BCUT2D eigenvalue weighted by molar-refractivity contribution is 0.206. The summed E-state index contributed by atoms with van der Waals surface area (Å²) in [5.74, 6) is 0.303. The number of aromatic nitrogens is 2. The van der Waals surface area contributed by atoms with Crippen molar-refractivity contribution in [2.24, 2.45) is 5.92 Å². The Morgan fingerprint density at radius 2 is 2.43 bits per heavy atom. The van der Waals surface area contributed by atoms with Gasteiger partial charge in [0.05, 0.1) is 0 Å². The second-order valence-corrected chi connectivity index (χ2v) is 3.56. The fraction of sp³-hybridized carbons (Fsp3) is 0.750. The topological polar surface area (TPSA) is 88.4 Å². The molecule has 1 unspecified atom stereocenters. The minimum absolute atomic E-state index is 0.0890. The van der Waals surface area contributed by atoms with Gasteiger partial charge in [-0.15, -0.1) is 0 Å². The summed E-state index contributed by atoms with van der Waals surface area (Å²) in [6.07, 6.45) is 2.09. The number of anilines is 2. The molecule has 0 saturated carbocycles. The maximum absolute atomic E-state index is 9.04. The molecule has 1 aromatic heterocycles. The van der Waals surface area contributed by atoms with Crippen molar-refractivity contribution >= 4 is 12.0 Å². The van der Waals surface area contributed by atoms with Gasteiger partial charge in [-0.3, -0.25) is 0 Å². The van der Waals surface area contributed by atoms with E-state index in [4.69, 9.17) is 15.3 Å². The van der Waals surface area contributed by atoms with Crippen LogP contribution in [0.2, 0.25) is 0 Å². The maximum atomic E-state index is 9.04. The molecule has 1 aliphatic rings. The molecule has 2 heterocycles. The Morgan fingerprint density at radius 1 is 1.57 bits per heavy atom. The number of hydrogen-bond acceptors (Lipinski definition) is 6. The number of nitrogens with zero attached hydrogens (tertiary/aromatic N) is 3. The molecule has 0 aromatic carbocycles. The molecule has 1 atom stereocenters. The van der Waals surface area contributed by atoms with Gasteiger partial charge in [0.2, 0.25) is 0 Å². The highest BCUT2D eigenvalue weighted by Crippen LogP contribution is 2.21. The van der Waals surface area contributed by atoms with Crippen molar-refractivity contribution in [3.63, 3.8) is 0 Å². The quantitative estimate of drug-likeness (QED) is 0.687. The molecule has 1 aromatic rings. The summed E-state index contributed by atoms with van der Waals surface area (Å²) in [4.78, 5) is 1.97. The average Bonchev–Trinajstić information content (AvgIpc) is 2.65. The zero-order chi connectivity index (χ0) is 9.97. The molecule has 2 rings (SSSR count). The van der Waals surface area contributed by atoms with Gasteiger partial charge >= 0.3 is 12.0 Å². The molecular formula is C8H14N4O2. The molecule has 6 heteroatoms. The summed E-state index contributed by atoms with van der Waals surface area (Å²) < 4.78 is 5.12. The van der Waals surface area contributed by atoms with Crippen LogP contribution in [0.3, 0.4) is 0 Å². The second kappa shape index (κ2) is 3.83. The van der Waals surface area contributed by atoms with E-state index in [2.05, 4.69) is 10.2 Å². The smallest absolute Gasteiger partial charge is 0.319 e. The van der Waals surface area contributed by atoms with Gasteiger partial charge in [-0.25, -0.2) is 0 Å². The molecule has 0 spiro atoms. The number of aliphatic hydroxyl groups is 1. The van der Waals surface area contributed by atoms with Crippen molar-refractivity contribution < 1.29 is 9.52 Å². The number of nitrogen functional groups attached to an aromatic ring is 1. The van der Waals surface area contributed by atoms with E-state index in [9.17, 15) is 0 Å². The first kappa shape index (κ1) is 9.26. The Hall–Kier alpha value is -1.30. The molecular weight excluding hydrogens is 184 g/mol. The fourth-order valence-electron chi connectivity index (χ4n) is 1.74. The van der Waals surface area contributed by atoms with E-state index in [1.54, 1.807) is 0 Å². The van der Waals surface area contributed by atoms with E-state index in [0.29, 0.717) is 11.9 Å². The van der Waals surface area contributed by atoms with E-state index in [1.807, 2.05) is 4.90 Å². The highest BCUT2D eigenvalue weighted by molar-refractivity contribution is 5.28. The highest BCUT2D eigenvalue weighted by Gasteiger charge is 2.22. The zero-order valence-electron chi connectivity index (χ0n) is 7.89. The summed E-state index contributed by atoms with van der Waals surface area (Å²) in [5, 5.41) is 16.5. The third kappa shape index (κ3) is 1.79. The van der Waals surface area contributed by atoms with E-state index < -0.39 is 0 Å². The molecule has 0 bridgehead atoms. The van der Waals surface area contributed by atoms with Gasteiger partial charge in [0, 0.05) is 19.7 Å². The normalized spacial score (nSPS) is 22.6. The van der Waals surface area contributed by atoms with E-state index in [1.165, 1.54) is 0 Å². The molecule has 1 fully saturated rings. The lowest BCUT2D eigenvalue weighted by Crippen LogP contribution is -2.36. The summed E-state index contributed by atoms with van der Waals surface area (Å²) in [5.41, 5.74) is 5.34. The van der Waals surface area contributed by atoms with Gasteiger partial charge < -0.3 is 20.2 Å². The summed E-state index contributed by atoms with van der Waals surface area (Å²) >= 11 is 0. The summed E-state index contributed by atoms with van der Waals surface area (Å²) in [7, 11) is 0. The van der Waals surface area contributed by atoms with Crippen LogP contribution in [0, 0.1) is 5.92 Å². The van der Waals surface area contributed by atoms with Crippen LogP contribution >= 0.6 is 0 Å². The Bertz CT molecular complexity index is 301. The Kier molecular flexibility index (Phi) is 2.53. The minimum Gasteiger partial charge on any atom is -0.396 e. The van der Waals surface area contributed by atoms with Gasteiger partial charge in [-0.2, -0.15) is 0 Å². The van der Waals surface area contributed by atoms with Crippen LogP contribution in [0.1, 0.15) is 12.8 Å². The van der Waals surface area contributed by atoms with Crippen molar-refractivity contribution in [2.45, 2.75) is 12.8 Å². The number of hydrogen-bond donors (Lipinski definition) is 2. The van der Waals surface area contributed by atoms with Crippen molar-refractivity contribution in [3.05, 3.63) is 0 Å². The Labute approximate surface area is 81.7 Å². The van der Waals surface area contributed by atoms with Crippen LogP contribution in [-0.4, -0.2) is 35.0 Å². The first-order valence-electron chi connectivity index (χ1n) is 4.74. The summed E-state index contributed by atoms with van der Waals surface area (Å²) in [6, 6.07) is 0.548. The molecule has 0 amide bonds. The lowest BCUT2D eigenvalue weighted by atomic mass is 10.00. The largest absolute Gasteiger partial charge is 0.396 e.